The van der Waals surface area contributed by atoms with E-state index in [0.29, 0.717) is 0 Å². The van der Waals surface area contributed by atoms with Crippen LogP contribution in [0, 0.1) is 5.92 Å². The van der Waals surface area contributed by atoms with Crippen LogP contribution in [0.1, 0.15) is 32.6 Å². The molecule has 0 radical (unpaired) electrons. The molecule has 1 atom stereocenters. The number of likely N-dealkylation sites (tertiary alicyclic amines) is 1. The van der Waals surface area contributed by atoms with Gasteiger partial charge in [-0.05, 0) is 45.1 Å². The highest BCUT2D eigenvalue weighted by atomic mass is 16.5. The lowest BCUT2D eigenvalue weighted by Gasteiger charge is -2.15. The van der Waals surface area contributed by atoms with Gasteiger partial charge in [-0.25, -0.2) is 0 Å². The molecule has 1 unspecified atom stereocenters. The summed E-state index contributed by atoms with van der Waals surface area (Å²) in [6.07, 6.45) is 5.16. The fraction of sp³-hybridized carbons (Fsp3) is 0.933. The zero-order chi connectivity index (χ0) is 14.2. The summed E-state index contributed by atoms with van der Waals surface area (Å²) < 4.78 is 5.06. The number of methoxy groups -OCH3 is 1. The third kappa shape index (κ3) is 5.29. The van der Waals surface area contributed by atoms with E-state index in [1.807, 2.05) is 0 Å². The van der Waals surface area contributed by atoms with Crippen molar-refractivity contribution in [2.45, 2.75) is 38.6 Å². The first kappa shape index (κ1) is 15.6. The zero-order valence-corrected chi connectivity index (χ0v) is 13.0. The van der Waals surface area contributed by atoms with Crippen LogP contribution in [0.15, 0.2) is 4.99 Å². The topological polar surface area (TPSA) is 48.9 Å². The molecule has 1 saturated heterocycles. The number of nitrogens with zero attached hydrogens (tertiary/aromatic N) is 2. The molecule has 0 amide bonds. The summed E-state index contributed by atoms with van der Waals surface area (Å²) in [4.78, 5) is 7.39. The van der Waals surface area contributed by atoms with Crippen molar-refractivity contribution in [3.63, 3.8) is 0 Å². The van der Waals surface area contributed by atoms with Gasteiger partial charge in [0.05, 0.1) is 0 Å². The minimum absolute atomic E-state index is 0.741. The van der Waals surface area contributed by atoms with E-state index >= 15 is 0 Å². The summed E-state index contributed by atoms with van der Waals surface area (Å²) >= 11 is 0. The van der Waals surface area contributed by atoms with Crippen LogP contribution in [-0.2, 0) is 4.74 Å². The number of ether oxygens (including phenoxy) is 1. The van der Waals surface area contributed by atoms with Crippen molar-refractivity contribution < 1.29 is 4.74 Å². The zero-order valence-electron chi connectivity index (χ0n) is 13.0. The molecular weight excluding hydrogens is 252 g/mol. The minimum atomic E-state index is 0.741. The lowest BCUT2D eigenvalue weighted by molar-refractivity contribution is 0.195. The van der Waals surface area contributed by atoms with Crippen molar-refractivity contribution in [1.29, 1.82) is 0 Å². The quantitative estimate of drug-likeness (QED) is 0.397. The Labute approximate surface area is 123 Å². The van der Waals surface area contributed by atoms with Crippen LogP contribution < -0.4 is 10.6 Å². The molecule has 116 valence electrons. The van der Waals surface area contributed by atoms with E-state index in [1.165, 1.54) is 32.4 Å². The molecule has 20 heavy (non-hydrogen) atoms. The van der Waals surface area contributed by atoms with E-state index in [0.717, 1.165) is 50.6 Å². The van der Waals surface area contributed by atoms with E-state index in [-0.39, 0.29) is 0 Å². The predicted molar refractivity (Wildman–Crippen MR) is 83.2 cm³/mol. The Kier molecular flexibility index (Phi) is 6.60. The van der Waals surface area contributed by atoms with Gasteiger partial charge in [-0.2, -0.15) is 0 Å². The molecule has 2 fully saturated rings. The van der Waals surface area contributed by atoms with E-state index in [1.54, 1.807) is 7.11 Å². The van der Waals surface area contributed by atoms with Gasteiger partial charge in [0.2, 0.25) is 0 Å². The van der Waals surface area contributed by atoms with Gasteiger partial charge < -0.3 is 20.3 Å². The summed E-state index contributed by atoms with van der Waals surface area (Å²) in [5, 5.41) is 6.69. The normalized spacial score (nSPS) is 24.1. The Bertz CT molecular complexity index is 304. The number of nitrogens with one attached hydrogen (secondary N) is 2. The van der Waals surface area contributed by atoms with Gasteiger partial charge >= 0.3 is 0 Å². The first-order valence-corrected chi connectivity index (χ1v) is 8.08. The molecule has 0 aromatic rings. The highest BCUT2D eigenvalue weighted by Gasteiger charge is 2.34. The number of aliphatic imine (C=N–C) groups is 1. The molecule has 5 nitrogen and oxygen atoms in total. The van der Waals surface area contributed by atoms with Gasteiger partial charge in [0.15, 0.2) is 5.96 Å². The molecule has 1 heterocycles. The summed E-state index contributed by atoms with van der Waals surface area (Å²) in [5.41, 5.74) is 0. The van der Waals surface area contributed by atoms with E-state index in [4.69, 9.17) is 9.73 Å². The summed E-state index contributed by atoms with van der Waals surface area (Å²) in [6.45, 7) is 8.21. The molecule has 1 aliphatic heterocycles. The fourth-order valence-electron chi connectivity index (χ4n) is 2.77. The Balaban J connectivity index is 1.67. The second-order valence-corrected chi connectivity index (χ2v) is 5.87. The van der Waals surface area contributed by atoms with Gasteiger partial charge in [0.1, 0.15) is 0 Å². The van der Waals surface area contributed by atoms with Crippen molar-refractivity contribution in [3.8, 4) is 0 Å². The van der Waals surface area contributed by atoms with Gasteiger partial charge in [-0.1, -0.05) is 0 Å². The molecule has 0 spiro atoms. The summed E-state index contributed by atoms with van der Waals surface area (Å²) in [7, 11) is 1.74. The van der Waals surface area contributed by atoms with E-state index in [2.05, 4.69) is 22.5 Å². The molecule has 1 aliphatic carbocycles. The highest BCUT2D eigenvalue weighted by Crippen LogP contribution is 2.31. The molecule has 2 rings (SSSR count). The molecule has 2 N–H and O–H groups in total. The Morgan fingerprint density at radius 1 is 1.30 bits per heavy atom. The average molecular weight is 282 g/mol. The van der Waals surface area contributed by atoms with Gasteiger partial charge in [-0.15, -0.1) is 0 Å². The summed E-state index contributed by atoms with van der Waals surface area (Å²) in [5.74, 6) is 1.69. The van der Waals surface area contributed by atoms with Gasteiger partial charge in [0.25, 0.3) is 0 Å². The Morgan fingerprint density at radius 2 is 2.15 bits per heavy atom. The molecular formula is C15H30N4O. The maximum absolute atomic E-state index is 5.06. The van der Waals surface area contributed by atoms with Crippen LogP contribution >= 0.6 is 0 Å². The third-order valence-electron chi connectivity index (χ3n) is 4.05. The van der Waals surface area contributed by atoms with Crippen LogP contribution in [0.3, 0.4) is 0 Å². The Hall–Kier alpha value is -0.810. The Morgan fingerprint density at radius 3 is 2.85 bits per heavy atom. The maximum Gasteiger partial charge on any atom is 0.191 e. The standard InChI is InChI=1S/C15H30N4O/c1-3-16-15(17-8-4-10-20-2)18-11-13-7-9-19(12-13)14-5-6-14/h13-14H,3-12H2,1-2H3,(H2,16,17,18). The first-order valence-electron chi connectivity index (χ1n) is 8.08. The second kappa shape index (κ2) is 8.47. The van der Waals surface area contributed by atoms with E-state index in [9.17, 15) is 0 Å². The number of hydrogen-bond acceptors (Lipinski definition) is 3. The molecule has 0 aromatic heterocycles. The molecule has 0 bridgehead atoms. The van der Waals surface area contributed by atoms with Crippen LogP contribution in [0.25, 0.3) is 0 Å². The highest BCUT2D eigenvalue weighted by molar-refractivity contribution is 5.79. The van der Waals surface area contributed by atoms with Crippen LogP contribution in [-0.4, -0.2) is 63.3 Å². The molecule has 0 aromatic carbocycles. The number of rotatable bonds is 8. The van der Waals surface area contributed by atoms with Crippen molar-refractivity contribution in [2.24, 2.45) is 10.9 Å². The van der Waals surface area contributed by atoms with Crippen LogP contribution in [0.4, 0.5) is 0 Å². The lowest BCUT2D eigenvalue weighted by atomic mass is 10.1. The second-order valence-electron chi connectivity index (χ2n) is 5.87. The first-order chi connectivity index (χ1) is 9.83. The lowest BCUT2D eigenvalue weighted by Crippen LogP contribution is -2.38. The van der Waals surface area contributed by atoms with Crippen LogP contribution in [0.2, 0.25) is 0 Å². The average Bonchev–Trinajstić information content (AvgIpc) is 3.20. The largest absolute Gasteiger partial charge is 0.385 e. The van der Waals surface area contributed by atoms with Crippen molar-refractivity contribution in [2.75, 3.05) is 46.4 Å². The molecule has 2 aliphatic rings. The van der Waals surface area contributed by atoms with Crippen molar-refractivity contribution in [1.82, 2.24) is 15.5 Å². The number of hydrogen-bond donors (Lipinski definition) is 2. The molecule has 5 heteroatoms. The smallest absolute Gasteiger partial charge is 0.191 e. The third-order valence-corrected chi connectivity index (χ3v) is 4.05. The predicted octanol–water partition coefficient (Wildman–Crippen LogP) is 1.06. The van der Waals surface area contributed by atoms with Gasteiger partial charge in [0, 0.05) is 45.9 Å². The SMILES string of the molecule is CCNC(=NCC1CCN(C2CC2)C1)NCCCOC. The number of guanidine groups is 1. The van der Waals surface area contributed by atoms with Gasteiger partial charge in [-0.3, -0.25) is 4.99 Å². The van der Waals surface area contributed by atoms with Crippen LogP contribution in [0.5, 0.6) is 0 Å². The van der Waals surface area contributed by atoms with Crippen molar-refractivity contribution >= 4 is 5.96 Å². The van der Waals surface area contributed by atoms with E-state index < -0.39 is 0 Å². The fourth-order valence-corrected chi connectivity index (χ4v) is 2.77. The molecule has 1 saturated carbocycles. The summed E-state index contributed by atoms with van der Waals surface area (Å²) in [6, 6.07) is 0.907. The monoisotopic (exact) mass is 282 g/mol. The maximum atomic E-state index is 5.06. The minimum Gasteiger partial charge on any atom is -0.385 e. The van der Waals surface area contributed by atoms with Crippen molar-refractivity contribution in [3.05, 3.63) is 0 Å².